The molecule has 306 valence electrons. The quantitative estimate of drug-likeness (QED) is 0.0542. The molecule has 0 unspecified atom stereocenters. The van der Waals surface area contributed by atoms with Gasteiger partial charge in [0, 0.05) is 51.9 Å². The summed E-state index contributed by atoms with van der Waals surface area (Å²) in [4.78, 5) is 81.5. The molecule has 21 heteroatoms. The summed E-state index contributed by atoms with van der Waals surface area (Å²) in [7, 11) is 0. The summed E-state index contributed by atoms with van der Waals surface area (Å²) in [5.41, 5.74) is 0. The Morgan fingerprint density at radius 2 is 1.13 bits per heavy atom. The molecule has 8 N–H and O–H groups in total. The number of rotatable bonds is 16. The Labute approximate surface area is 310 Å². The maximum atomic E-state index is 13.3. The zero-order valence-corrected chi connectivity index (χ0v) is 30.2. The van der Waals surface area contributed by atoms with Crippen LogP contribution in [0.5, 0.6) is 0 Å². The first-order chi connectivity index (χ1) is 25.6. The van der Waals surface area contributed by atoms with E-state index in [1.807, 2.05) is 0 Å². The zero-order chi connectivity index (χ0) is 39.7. The van der Waals surface area contributed by atoms with Gasteiger partial charge in [-0.05, 0) is 33.1 Å². The molecule has 0 aliphatic carbocycles. The van der Waals surface area contributed by atoms with Crippen LogP contribution in [0.3, 0.4) is 0 Å². The van der Waals surface area contributed by atoms with Crippen molar-refractivity contribution < 1.29 is 83.2 Å². The average Bonchev–Trinajstić information content (AvgIpc) is 3.47. The van der Waals surface area contributed by atoms with Gasteiger partial charge in [0.2, 0.25) is 17.7 Å². The van der Waals surface area contributed by atoms with Gasteiger partial charge in [0.25, 0.3) is 11.8 Å². The number of likely N-dealkylation sites (tertiary alicyclic amines) is 1. The van der Waals surface area contributed by atoms with E-state index in [0.29, 0.717) is 5.06 Å². The van der Waals surface area contributed by atoms with Gasteiger partial charge in [0.15, 0.2) is 12.6 Å². The molecule has 0 spiro atoms. The fraction of sp³-hybridized carbons (Fsp3) is 0.818. The highest BCUT2D eigenvalue weighted by Crippen LogP contribution is 2.25. The van der Waals surface area contributed by atoms with Crippen molar-refractivity contribution in [1.82, 2.24) is 20.6 Å². The van der Waals surface area contributed by atoms with Crippen molar-refractivity contribution >= 4 is 35.5 Å². The van der Waals surface area contributed by atoms with E-state index in [2.05, 4.69) is 10.6 Å². The lowest BCUT2D eigenvalue weighted by Crippen LogP contribution is -2.57. The van der Waals surface area contributed by atoms with Crippen LogP contribution in [-0.4, -0.2) is 177 Å². The summed E-state index contributed by atoms with van der Waals surface area (Å²) in [6.07, 6.45) is -12.6. The third-order valence-corrected chi connectivity index (χ3v) is 9.75. The molecule has 4 rings (SSSR count). The second-order valence-corrected chi connectivity index (χ2v) is 13.9. The summed E-state index contributed by atoms with van der Waals surface area (Å²) < 4.78 is 21.7. The molecule has 0 aromatic heterocycles. The van der Waals surface area contributed by atoms with E-state index >= 15 is 0 Å². The van der Waals surface area contributed by atoms with Gasteiger partial charge in [0.1, 0.15) is 36.6 Å². The number of imide groups is 1. The molecule has 4 aliphatic heterocycles. The maximum absolute atomic E-state index is 13.3. The first-order valence-corrected chi connectivity index (χ1v) is 18.1. The number of hydroxylamine groups is 2. The minimum Gasteiger partial charge on any atom is -0.388 e. The number of hydrogen-bond acceptors (Lipinski definition) is 17. The third kappa shape index (κ3) is 11.3. The summed E-state index contributed by atoms with van der Waals surface area (Å²) >= 11 is 0. The lowest BCUT2D eigenvalue weighted by Gasteiger charge is -2.39. The van der Waals surface area contributed by atoms with Crippen LogP contribution in [0.2, 0.25) is 0 Å². The van der Waals surface area contributed by atoms with Crippen LogP contribution < -0.4 is 10.6 Å². The number of carbonyl (C=O) groups is 6. The van der Waals surface area contributed by atoms with Crippen LogP contribution in [0, 0.1) is 11.8 Å². The van der Waals surface area contributed by atoms with Crippen LogP contribution in [0.4, 0.5) is 0 Å². The second-order valence-electron chi connectivity index (χ2n) is 13.9. The van der Waals surface area contributed by atoms with E-state index in [-0.39, 0.29) is 90.2 Å². The van der Waals surface area contributed by atoms with Crippen LogP contribution in [0.1, 0.15) is 58.8 Å². The smallest absolute Gasteiger partial charge is 0.333 e. The summed E-state index contributed by atoms with van der Waals surface area (Å²) in [5.74, 6) is -5.02. The Hall–Kier alpha value is -3.38. The molecule has 0 aromatic rings. The highest BCUT2D eigenvalue weighted by atomic mass is 16.7. The molecule has 4 fully saturated rings. The fourth-order valence-corrected chi connectivity index (χ4v) is 6.48. The first-order valence-electron chi connectivity index (χ1n) is 18.1. The minimum atomic E-state index is -1.53. The van der Waals surface area contributed by atoms with E-state index < -0.39 is 103 Å². The van der Waals surface area contributed by atoms with Crippen molar-refractivity contribution in [2.24, 2.45) is 11.8 Å². The Balaban J connectivity index is 1.28. The molecule has 0 radical (unpaired) electrons. The Kier molecular flexibility index (Phi) is 16.0. The minimum absolute atomic E-state index is 0.0189. The fourth-order valence-electron chi connectivity index (χ4n) is 6.48. The number of nitrogens with zero attached hydrogens (tertiary/aromatic N) is 2. The normalized spacial score (nSPS) is 34.4. The number of aliphatic hydroxyl groups excluding tert-OH is 6. The van der Waals surface area contributed by atoms with Crippen molar-refractivity contribution in [1.29, 1.82) is 0 Å². The molecule has 0 saturated carbocycles. The molecule has 12 atom stereocenters. The van der Waals surface area contributed by atoms with E-state index in [4.69, 9.17) is 23.8 Å². The van der Waals surface area contributed by atoms with Gasteiger partial charge >= 0.3 is 5.97 Å². The third-order valence-electron chi connectivity index (χ3n) is 9.75. The van der Waals surface area contributed by atoms with Crippen molar-refractivity contribution in [3.63, 3.8) is 0 Å². The average molecular weight is 777 g/mol. The highest BCUT2D eigenvalue weighted by Gasteiger charge is 2.44. The topological polar surface area (TPSA) is 300 Å². The standard InChI is InChI=1S/C33H52N4O17/c1-16-24(42)26(44)28(46)32(52-16)50-11-9-34-30(48)18-13-19(31(49)35-10-12-51-33-29(47)27(45)25(43)17(2)53-33)15-36(14-18)20(38)5-3-4-6-23(41)54-37-21(39)7-8-22(37)40/h16-19,24-29,32-33,42-47H,3-15H2,1-2H3,(H,34,48)(H,35,49)/t16-,17-,18-,19+,24+,25+,26+,27+,28-,29-,32+,33-/m0/s1. The predicted molar refractivity (Wildman–Crippen MR) is 176 cm³/mol. The Bertz CT molecular complexity index is 1260. The predicted octanol–water partition coefficient (Wildman–Crippen LogP) is -4.46. The van der Waals surface area contributed by atoms with E-state index in [1.165, 1.54) is 18.7 Å². The van der Waals surface area contributed by atoms with E-state index in [1.54, 1.807) is 0 Å². The molecule has 4 saturated heterocycles. The van der Waals surface area contributed by atoms with E-state index in [0.717, 1.165) is 0 Å². The Morgan fingerprint density at radius 1 is 0.685 bits per heavy atom. The van der Waals surface area contributed by atoms with Crippen molar-refractivity contribution in [3.05, 3.63) is 0 Å². The molecule has 0 bridgehead atoms. The Morgan fingerprint density at radius 3 is 1.59 bits per heavy atom. The van der Waals surface area contributed by atoms with Crippen LogP contribution in [-0.2, 0) is 52.6 Å². The number of hydrogen-bond donors (Lipinski definition) is 8. The molecule has 0 aromatic carbocycles. The van der Waals surface area contributed by atoms with Gasteiger partial charge in [-0.15, -0.1) is 5.06 Å². The number of piperidine rings is 1. The van der Waals surface area contributed by atoms with Gasteiger partial charge in [-0.2, -0.15) is 0 Å². The van der Waals surface area contributed by atoms with Gasteiger partial charge < -0.3 is 70.0 Å². The van der Waals surface area contributed by atoms with Crippen molar-refractivity contribution in [2.75, 3.05) is 39.4 Å². The molecule has 4 aliphatic rings. The zero-order valence-electron chi connectivity index (χ0n) is 30.2. The maximum Gasteiger partial charge on any atom is 0.333 e. The monoisotopic (exact) mass is 776 g/mol. The van der Waals surface area contributed by atoms with Crippen LogP contribution in [0.15, 0.2) is 0 Å². The van der Waals surface area contributed by atoms with Gasteiger partial charge in [0.05, 0.1) is 37.3 Å². The molecular weight excluding hydrogens is 724 g/mol. The number of ether oxygens (including phenoxy) is 4. The molecule has 4 heterocycles. The van der Waals surface area contributed by atoms with Crippen molar-refractivity contribution in [3.8, 4) is 0 Å². The molecule has 21 nitrogen and oxygen atoms in total. The molecule has 54 heavy (non-hydrogen) atoms. The number of carbonyl (C=O) groups excluding carboxylic acids is 6. The van der Waals surface area contributed by atoms with Gasteiger partial charge in [-0.3, -0.25) is 24.0 Å². The first kappa shape index (κ1) is 43.3. The summed E-state index contributed by atoms with van der Waals surface area (Å²) in [5, 5.41) is 65.8. The summed E-state index contributed by atoms with van der Waals surface area (Å²) in [6.45, 7) is 2.57. The summed E-state index contributed by atoms with van der Waals surface area (Å²) in [6, 6.07) is 0. The number of nitrogens with one attached hydrogen (secondary N) is 2. The number of amides is 5. The number of aliphatic hydroxyl groups is 6. The second kappa shape index (κ2) is 20.0. The lowest BCUT2D eigenvalue weighted by atomic mass is 9.87. The molecular formula is C33H52N4O17. The van der Waals surface area contributed by atoms with Gasteiger partial charge in [-0.1, -0.05) is 0 Å². The number of unbranched alkanes of at least 4 members (excludes halogenated alkanes) is 1. The van der Waals surface area contributed by atoms with Crippen LogP contribution >= 0.6 is 0 Å². The molecule has 5 amide bonds. The highest BCUT2D eigenvalue weighted by molar-refractivity contribution is 6.01. The SMILES string of the molecule is C[C@@H]1O[C@@H](OCCNC(=O)[C@H]2C[C@@H](C(=O)NCCO[C@H]3O[C@@H](C)[C@@H](O)[C@@H](O)[C@@H]3O)CN(C(=O)CCCCC(=O)ON3C(=O)CCC3=O)C2)[C@@H](O)[C@H](O)[C@@H]1O. The largest absolute Gasteiger partial charge is 0.388 e. The van der Waals surface area contributed by atoms with E-state index in [9.17, 15) is 59.4 Å². The van der Waals surface area contributed by atoms with Crippen LogP contribution in [0.25, 0.3) is 0 Å². The lowest BCUT2D eigenvalue weighted by molar-refractivity contribution is -0.292. The van der Waals surface area contributed by atoms with Crippen molar-refractivity contribution in [2.45, 2.75) is 120 Å². The van der Waals surface area contributed by atoms with Gasteiger partial charge in [-0.25, -0.2) is 4.79 Å².